The van der Waals surface area contributed by atoms with Gasteiger partial charge >= 0.3 is 0 Å². The van der Waals surface area contributed by atoms with E-state index in [1.165, 1.54) is 0 Å². The maximum Gasteiger partial charge on any atom is 0.160 e. The summed E-state index contributed by atoms with van der Waals surface area (Å²) in [6, 6.07) is 5.23. The van der Waals surface area contributed by atoms with E-state index in [9.17, 15) is 4.39 Å². The van der Waals surface area contributed by atoms with Gasteiger partial charge in [-0.3, -0.25) is 0 Å². The predicted molar refractivity (Wildman–Crippen MR) is 48.4 cm³/mol. The van der Waals surface area contributed by atoms with E-state index < -0.39 is 0 Å². The Labute approximate surface area is 74.0 Å². The third kappa shape index (κ3) is 1.71. The third-order valence-corrected chi connectivity index (χ3v) is 2.03. The van der Waals surface area contributed by atoms with Gasteiger partial charge in [-0.05, 0) is 28.1 Å². The van der Waals surface area contributed by atoms with Gasteiger partial charge in [-0.15, -0.1) is 0 Å². The number of nitrogens with zero attached hydrogens (tertiary/aromatic N) is 1. The summed E-state index contributed by atoms with van der Waals surface area (Å²) in [5, 5.41) is 0. The Kier molecular flexibility index (Phi) is 2.49. The molecule has 0 unspecified atom stereocenters. The monoisotopic (exact) mass is 217 g/mol. The van der Waals surface area contributed by atoms with Crippen molar-refractivity contribution >= 4 is 21.6 Å². The van der Waals surface area contributed by atoms with Gasteiger partial charge in [0.1, 0.15) is 0 Å². The van der Waals surface area contributed by atoms with Crippen molar-refractivity contribution in [3.63, 3.8) is 0 Å². The van der Waals surface area contributed by atoms with Crippen LogP contribution in [0.4, 0.5) is 10.1 Å². The lowest BCUT2D eigenvalue weighted by atomic mass is 10.3. The molecule has 0 saturated carbocycles. The fourth-order valence-electron chi connectivity index (χ4n) is 0.838. The standard InChI is InChI=1S/C8H9BrFN/c1-11(2)7-5-3-4-6(9)8(7)10/h3-5H,1-2H3. The fourth-order valence-corrected chi connectivity index (χ4v) is 1.19. The highest BCUT2D eigenvalue weighted by atomic mass is 79.9. The van der Waals surface area contributed by atoms with E-state index in [2.05, 4.69) is 15.9 Å². The molecule has 0 aliphatic heterocycles. The zero-order valence-electron chi connectivity index (χ0n) is 6.44. The minimum atomic E-state index is -0.211. The first-order chi connectivity index (χ1) is 5.13. The molecule has 1 aromatic carbocycles. The van der Waals surface area contributed by atoms with E-state index in [0.717, 1.165) is 0 Å². The van der Waals surface area contributed by atoms with Gasteiger partial charge < -0.3 is 4.90 Å². The Bertz CT molecular complexity index is 260. The fraction of sp³-hybridized carbons (Fsp3) is 0.250. The van der Waals surface area contributed by atoms with Gasteiger partial charge in [0.2, 0.25) is 0 Å². The Morgan fingerprint density at radius 2 is 2.00 bits per heavy atom. The molecule has 0 aliphatic rings. The molecule has 0 atom stereocenters. The summed E-state index contributed by atoms with van der Waals surface area (Å²) in [7, 11) is 3.62. The summed E-state index contributed by atoms with van der Waals surface area (Å²) in [5.41, 5.74) is 0.597. The van der Waals surface area contributed by atoms with Crippen LogP contribution in [0.5, 0.6) is 0 Å². The summed E-state index contributed by atoms with van der Waals surface area (Å²) in [5.74, 6) is -0.211. The molecule has 1 rings (SSSR count). The maximum atomic E-state index is 13.2. The molecule has 1 aromatic rings. The van der Waals surface area contributed by atoms with E-state index in [4.69, 9.17) is 0 Å². The molecule has 0 bridgehead atoms. The SMILES string of the molecule is CN(C)c1cccc(Br)c1F. The van der Waals surface area contributed by atoms with Gasteiger partial charge in [0, 0.05) is 14.1 Å². The van der Waals surface area contributed by atoms with Crippen LogP contribution in [0.25, 0.3) is 0 Å². The van der Waals surface area contributed by atoms with E-state index >= 15 is 0 Å². The molecule has 60 valence electrons. The van der Waals surface area contributed by atoms with Crippen LogP contribution in [0.1, 0.15) is 0 Å². The number of hydrogen-bond acceptors (Lipinski definition) is 1. The predicted octanol–water partition coefficient (Wildman–Crippen LogP) is 2.65. The van der Waals surface area contributed by atoms with Crippen molar-refractivity contribution in [3.8, 4) is 0 Å². The Morgan fingerprint density at radius 3 is 2.45 bits per heavy atom. The Hall–Kier alpha value is -0.570. The molecule has 0 radical (unpaired) electrons. The molecule has 0 saturated heterocycles. The van der Waals surface area contributed by atoms with E-state index in [-0.39, 0.29) is 5.82 Å². The highest BCUT2D eigenvalue weighted by Gasteiger charge is 2.05. The van der Waals surface area contributed by atoms with Gasteiger partial charge in [-0.1, -0.05) is 6.07 Å². The zero-order valence-corrected chi connectivity index (χ0v) is 8.02. The van der Waals surface area contributed by atoms with Crippen molar-refractivity contribution < 1.29 is 4.39 Å². The second kappa shape index (κ2) is 3.22. The Balaban J connectivity index is 3.17. The molecule has 3 heteroatoms. The molecular weight excluding hydrogens is 209 g/mol. The van der Waals surface area contributed by atoms with E-state index in [0.29, 0.717) is 10.2 Å². The molecule has 0 aromatic heterocycles. The van der Waals surface area contributed by atoms with Crippen molar-refractivity contribution in [1.82, 2.24) is 0 Å². The minimum Gasteiger partial charge on any atom is -0.375 e. The van der Waals surface area contributed by atoms with Gasteiger partial charge in [0.05, 0.1) is 10.2 Å². The highest BCUT2D eigenvalue weighted by Crippen LogP contribution is 2.23. The first-order valence-corrected chi connectivity index (χ1v) is 4.03. The summed E-state index contributed by atoms with van der Waals surface area (Å²) in [6.45, 7) is 0. The maximum absolute atomic E-state index is 13.2. The number of benzene rings is 1. The number of hydrogen-bond donors (Lipinski definition) is 0. The lowest BCUT2D eigenvalue weighted by molar-refractivity contribution is 0.619. The average Bonchev–Trinajstić information content (AvgIpc) is 1.94. The molecule has 11 heavy (non-hydrogen) atoms. The summed E-state index contributed by atoms with van der Waals surface area (Å²) < 4.78 is 13.7. The lowest BCUT2D eigenvalue weighted by Crippen LogP contribution is -2.10. The van der Waals surface area contributed by atoms with Crippen LogP contribution in [0, 0.1) is 5.82 Å². The lowest BCUT2D eigenvalue weighted by Gasteiger charge is -2.13. The molecule has 0 spiro atoms. The average molecular weight is 218 g/mol. The van der Waals surface area contributed by atoms with Crippen LogP contribution in [0.15, 0.2) is 22.7 Å². The van der Waals surface area contributed by atoms with E-state index in [1.807, 2.05) is 20.2 Å². The largest absolute Gasteiger partial charge is 0.375 e. The number of halogens is 2. The van der Waals surface area contributed by atoms with Crippen molar-refractivity contribution in [1.29, 1.82) is 0 Å². The van der Waals surface area contributed by atoms with Crippen LogP contribution in [0.2, 0.25) is 0 Å². The van der Waals surface area contributed by atoms with Crippen LogP contribution in [-0.4, -0.2) is 14.1 Å². The smallest absolute Gasteiger partial charge is 0.160 e. The van der Waals surface area contributed by atoms with Crippen molar-refractivity contribution in [3.05, 3.63) is 28.5 Å². The summed E-state index contributed by atoms with van der Waals surface area (Å²) >= 11 is 3.11. The Morgan fingerprint density at radius 1 is 1.36 bits per heavy atom. The summed E-state index contributed by atoms with van der Waals surface area (Å²) in [6.07, 6.45) is 0. The first-order valence-electron chi connectivity index (χ1n) is 3.24. The quantitative estimate of drug-likeness (QED) is 0.700. The van der Waals surface area contributed by atoms with Crippen LogP contribution < -0.4 is 4.90 Å². The number of anilines is 1. The van der Waals surface area contributed by atoms with Crippen LogP contribution in [-0.2, 0) is 0 Å². The van der Waals surface area contributed by atoms with Crippen molar-refractivity contribution in [2.45, 2.75) is 0 Å². The van der Waals surface area contributed by atoms with Gasteiger partial charge in [0.25, 0.3) is 0 Å². The molecular formula is C8H9BrFN. The molecule has 0 N–H and O–H groups in total. The second-order valence-electron chi connectivity index (χ2n) is 2.47. The molecule has 0 fully saturated rings. The second-order valence-corrected chi connectivity index (χ2v) is 3.32. The molecule has 0 amide bonds. The molecule has 0 aliphatic carbocycles. The van der Waals surface area contributed by atoms with E-state index in [1.54, 1.807) is 17.0 Å². The first kappa shape index (κ1) is 8.53. The highest BCUT2D eigenvalue weighted by molar-refractivity contribution is 9.10. The normalized spacial score (nSPS) is 9.82. The summed E-state index contributed by atoms with van der Waals surface area (Å²) in [4.78, 5) is 1.74. The molecule has 0 heterocycles. The number of rotatable bonds is 1. The zero-order chi connectivity index (χ0) is 8.43. The van der Waals surface area contributed by atoms with Crippen molar-refractivity contribution in [2.75, 3.05) is 19.0 Å². The molecule has 1 nitrogen and oxygen atoms in total. The van der Waals surface area contributed by atoms with Crippen LogP contribution in [0.3, 0.4) is 0 Å². The van der Waals surface area contributed by atoms with Gasteiger partial charge in [0.15, 0.2) is 5.82 Å². The van der Waals surface area contributed by atoms with Crippen molar-refractivity contribution in [2.24, 2.45) is 0 Å². The van der Waals surface area contributed by atoms with Crippen LogP contribution >= 0.6 is 15.9 Å². The van der Waals surface area contributed by atoms with Gasteiger partial charge in [-0.25, -0.2) is 4.39 Å². The minimum absolute atomic E-state index is 0.211. The van der Waals surface area contributed by atoms with Gasteiger partial charge in [-0.2, -0.15) is 0 Å². The third-order valence-electron chi connectivity index (χ3n) is 1.41. The topological polar surface area (TPSA) is 3.24 Å².